The van der Waals surface area contributed by atoms with Gasteiger partial charge in [0.1, 0.15) is 17.3 Å². The molecule has 0 spiro atoms. The molecule has 0 heterocycles. The maximum atomic E-state index is 11.5. The predicted molar refractivity (Wildman–Crippen MR) is 70.2 cm³/mol. The highest BCUT2D eigenvalue weighted by Crippen LogP contribution is 2.29. The van der Waals surface area contributed by atoms with Crippen molar-refractivity contribution in [1.29, 1.82) is 0 Å². The summed E-state index contributed by atoms with van der Waals surface area (Å²) < 4.78 is 10.5. The standard InChI is InChI=1S/C15H20O3/c1-17-14-8-12(9-15(10-14)18-2)6-11-4-3-5-13(16)7-11/h8-11H,3-7H2,1-2H3/t11-/m0/s1. The maximum absolute atomic E-state index is 11.5. The molecular formula is C15H20O3. The van der Waals surface area contributed by atoms with Crippen molar-refractivity contribution in [1.82, 2.24) is 0 Å². The van der Waals surface area contributed by atoms with Gasteiger partial charge in [0.05, 0.1) is 14.2 Å². The van der Waals surface area contributed by atoms with Gasteiger partial charge in [0.15, 0.2) is 0 Å². The average Bonchev–Trinajstić information content (AvgIpc) is 2.38. The van der Waals surface area contributed by atoms with Gasteiger partial charge in [0, 0.05) is 18.9 Å². The largest absolute Gasteiger partial charge is 0.497 e. The Morgan fingerprint density at radius 3 is 2.39 bits per heavy atom. The lowest BCUT2D eigenvalue weighted by Gasteiger charge is -2.21. The first-order valence-electron chi connectivity index (χ1n) is 6.45. The van der Waals surface area contributed by atoms with E-state index in [4.69, 9.17) is 9.47 Å². The highest BCUT2D eigenvalue weighted by molar-refractivity contribution is 5.79. The molecule has 0 N–H and O–H groups in total. The van der Waals surface area contributed by atoms with Gasteiger partial charge in [-0.1, -0.05) is 0 Å². The molecule has 0 aliphatic heterocycles. The van der Waals surface area contributed by atoms with Crippen molar-refractivity contribution < 1.29 is 14.3 Å². The third-order valence-corrected chi connectivity index (χ3v) is 3.52. The van der Waals surface area contributed by atoms with Crippen LogP contribution < -0.4 is 9.47 Å². The molecule has 2 rings (SSSR count). The summed E-state index contributed by atoms with van der Waals surface area (Å²) in [4.78, 5) is 11.5. The number of hydrogen-bond acceptors (Lipinski definition) is 3. The van der Waals surface area contributed by atoms with E-state index in [-0.39, 0.29) is 0 Å². The molecule has 3 nitrogen and oxygen atoms in total. The minimum Gasteiger partial charge on any atom is -0.497 e. The molecule has 0 saturated heterocycles. The van der Waals surface area contributed by atoms with E-state index in [0.29, 0.717) is 11.7 Å². The summed E-state index contributed by atoms with van der Waals surface area (Å²) in [6.45, 7) is 0. The van der Waals surface area contributed by atoms with Crippen molar-refractivity contribution in [3.8, 4) is 11.5 Å². The van der Waals surface area contributed by atoms with Crippen LogP contribution in [-0.4, -0.2) is 20.0 Å². The van der Waals surface area contributed by atoms with E-state index in [2.05, 4.69) is 0 Å². The zero-order valence-electron chi connectivity index (χ0n) is 11.1. The van der Waals surface area contributed by atoms with E-state index in [0.717, 1.165) is 43.6 Å². The molecule has 1 aromatic rings. The summed E-state index contributed by atoms with van der Waals surface area (Å²) in [6, 6.07) is 5.93. The van der Waals surface area contributed by atoms with Gasteiger partial charge >= 0.3 is 0 Å². The zero-order valence-corrected chi connectivity index (χ0v) is 11.1. The van der Waals surface area contributed by atoms with Gasteiger partial charge in [-0.05, 0) is 42.9 Å². The fourth-order valence-electron chi connectivity index (χ4n) is 2.61. The van der Waals surface area contributed by atoms with E-state index in [1.54, 1.807) is 14.2 Å². The fourth-order valence-corrected chi connectivity index (χ4v) is 2.61. The molecule has 1 aromatic carbocycles. The number of benzene rings is 1. The van der Waals surface area contributed by atoms with Crippen molar-refractivity contribution >= 4 is 5.78 Å². The zero-order chi connectivity index (χ0) is 13.0. The monoisotopic (exact) mass is 248 g/mol. The Morgan fingerprint density at radius 2 is 1.83 bits per heavy atom. The first-order chi connectivity index (χ1) is 8.71. The van der Waals surface area contributed by atoms with Gasteiger partial charge in [0.25, 0.3) is 0 Å². The molecule has 0 amide bonds. The molecule has 1 aliphatic rings. The minimum atomic E-state index is 0.404. The van der Waals surface area contributed by atoms with Crippen molar-refractivity contribution in [3.63, 3.8) is 0 Å². The number of carbonyl (C=O) groups excluding carboxylic acids is 1. The molecule has 1 aliphatic carbocycles. The molecule has 0 aromatic heterocycles. The molecule has 1 atom stereocenters. The molecule has 0 unspecified atom stereocenters. The highest BCUT2D eigenvalue weighted by Gasteiger charge is 2.20. The van der Waals surface area contributed by atoms with Crippen molar-refractivity contribution in [2.75, 3.05) is 14.2 Å². The van der Waals surface area contributed by atoms with Gasteiger partial charge in [0.2, 0.25) is 0 Å². The predicted octanol–water partition coefficient (Wildman–Crippen LogP) is 3.01. The highest BCUT2D eigenvalue weighted by atomic mass is 16.5. The Labute approximate surface area is 108 Å². The molecule has 1 saturated carbocycles. The summed E-state index contributed by atoms with van der Waals surface area (Å²) in [7, 11) is 3.31. The first kappa shape index (κ1) is 12.9. The van der Waals surface area contributed by atoms with Crippen LogP contribution in [0.3, 0.4) is 0 Å². The second-order valence-corrected chi connectivity index (χ2v) is 4.93. The molecule has 0 bridgehead atoms. The topological polar surface area (TPSA) is 35.5 Å². The number of methoxy groups -OCH3 is 2. The number of carbonyl (C=O) groups is 1. The molecule has 98 valence electrons. The minimum absolute atomic E-state index is 0.404. The number of Topliss-reactive ketones (excluding diaryl/α,β-unsaturated/α-hetero) is 1. The lowest BCUT2D eigenvalue weighted by molar-refractivity contribution is -0.121. The van der Waals surface area contributed by atoms with Crippen molar-refractivity contribution in [2.45, 2.75) is 32.1 Å². The first-order valence-corrected chi connectivity index (χ1v) is 6.45. The average molecular weight is 248 g/mol. The normalized spacial score (nSPS) is 19.7. The maximum Gasteiger partial charge on any atom is 0.133 e. The number of ether oxygens (including phenoxy) is 2. The third-order valence-electron chi connectivity index (χ3n) is 3.52. The molecular weight excluding hydrogens is 228 g/mol. The van der Waals surface area contributed by atoms with Crippen LogP contribution in [0.2, 0.25) is 0 Å². The van der Waals surface area contributed by atoms with Crippen LogP contribution in [0.25, 0.3) is 0 Å². The number of hydrogen-bond donors (Lipinski definition) is 0. The Balaban J connectivity index is 2.10. The van der Waals surface area contributed by atoms with E-state index >= 15 is 0 Å². The van der Waals surface area contributed by atoms with Gasteiger partial charge in [-0.25, -0.2) is 0 Å². The van der Waals surface area contributed by atoms with Crippen LogP contribution in [0.4, 0.5) is 0 Å². The van der Waals surface area contributed by atoms with Crippen LogP contribution in [0, 0.1) is 5.92 Å². The Hall–Kier alpha value is -1.51. The second kappa shape index (κ2) is 5.89. The summed E-state index contributed by atoms with van der Waals surface area (Å²) >= 11 is 0. The van der Waals surface area contributed by atoms with E-state index in [1.807, 2.05) is 18.2 Å². The SMILES string of the molecule is COc1cc(C[C@@H]2CCCC(=O)C2)cc(OC)c1. The van der Waals surface area contributed by atoms with E-state index in [9.17, 15) is 4.79 Å². The molecule has 1 fully saturated rings. The van der Waals surface area contributed by atoms with Gasteiger partial charge < -0.3 is 9.47 Å². The van der Waals surface area contributed by atoms with E-state index in [1.165, 1.54) is 5.56 Å². The summed E-state index contributed by atoms with van der Waals surface area (Å²) in [5.41, 5.74) is 1.19. The summed E-state index contributed by atoms with van der Waals surface area (Å²) in [6.07, 6.45) is 4.59. The molecule has 0 radical (unpaired) electrons. The second-order valence-electron chi connectivity index (χ2n) is 4.93. The van der Waals surface area contributed by atoms with Crippen LogP contribution >= 0.6 is 0 Å². The Kier molecular flexibility index (Phi) is 4.24. The lowest BCUT2D eigenvalue weighted by atomic mass is 9.84. The lowest BCUT2D eigenvalue weighted by Crippen LogP contribution is -2.16. The van der Waals surface area contributed by atoms with Gasteiger partial charge in [-0.2, -0.15) is 0 Å². The molecule has 18 heavy (non-hydrogen) atoms. The summed E-state index contributed by atoms with van der Waals surface area (Å²) in [5.74, 6) is 2.50. The van der Waals surface area contributed by atoms with Gasteiger partial charge in [-0.15, -0.1) is 0 Å². The fraction of sp³-hybridized carbons (Fsp3) is 0.533. The van der Waals surface area contributed by atoms with Crippen LogP contribution in [-0.2, 0) is 11.2 Å². The van der Waals surface area contributed by atoms with Crippen molar-refractivity contribution in [2.24, 2.45) is 5.92 Å². The van der Waals surface area contributed by atoms with E-state index < -0.39 is 0 Å². The Bertz CT molecular complexity index is 403. The number of ketones is 1. The Morgan fingerprint density at radius 1 is 1.17 bits per heavy atom. The van der Waals surface area contributed by atoms with Crippen LogP contribution in [0.1, 0.15) is 31.2 Å². The van der Waals surface area contributed by atoms with Crippen LogP contribution in [0.5, 0.6) is 11.5 Å². The van der Waals surface area contributed by atoms with Gasteiger partial charge in [-0.3, -0.25) is 4.79 Å². The van der Waals surface area contributed by atoms with Crippen LogP contribution in [0.15, 0.2) is 18.2 Å². The number of rotatable bonds is 4. The quantitative estimate of drug-likeness (QED) is 0.821. The summed E-state index contributed by atoms with van der Waals surface area (Å²) in [5, 5.41) is 0. The smallest absolute Gasteiger partial charge is 0.133 e. The molecule has 3 heteroatoms. The van der Waals surface area contributed by atoms with Crippen molar-refractivity contribution in [3.05, 3.63) is 23.8 Å². The third kappa shape index (κ3) is 3.25.